The van der Waals surface area contributed by atoms with E-state index in [1.807, 2.05) is 11.3 Å². The lowest BCUT2D eigenvalue weighted by Gasteiger charge is -2.09. The predicted octanol–water partition coefficient (Wildman–Crippen LogP) is 8.63. The fraction of sp³-hybridized carbons (Fsp3) is 0.143. The van der Waals surface area contributed by atoms with Gasteiger partial charge in [-0.15, -0.1) is 22.7 Å². The highest BCUT2D eigenvalue weighted by molar-refractivity contribution is 7.26. The lowest BCUT2D eigenvalue weighted by atomic mass is 9.98. The number of thiophene rings is 2. The fourth-order valence-corrected chi connectivity index (χ4v) is 7.34. The van der Waals surface area contributed by atoms with Crippen LogP contribution >= 0.6 is 22.7 Å². The number of hydrogen-bond acceptors (Lipinski definition) is 4. The van der Waals surface area contributed by atoms with E-state index in [1.54, 1.807) is 17.7 Å². The summed E-state index contributed by atoms with van der Waals surface area (Å²) in [4.78, 5) is 10.6. The monoisotopic (exact) mass is 450 g/mol. The van der Waals surface area contributed by atoms with Crippen molar-refractivity contribution < 1.29 is 0 Å². The molecule has 0 N–H and O–H groups in total. The molecule has 0 saturated heterocycles. The van der Waals surface area contributed by atoms with Crippen LogP contribution in [0.2, 0.25) is 0 Å². The van der Waals surface area contributed by atoms with Gasteiger partial charge in [-0.25, -0.2) is 9.97 Å². The number of nitrogens with zero attached hydrogens (tertiary/aromatic N) is 2. The molecule has 0 aliphatic heterocycles. The summed E-state index contributed by atoms with van der Waals surface area (Å²) in [5.74, 6) is 0. The summed E-state index contributed by atoms with van der Waals surface area (Å²) in [6, 6.07) is 19.9. The molecule has 4 heteroatoms. The zero-order valence-corrected chi connectivity index (χ0v) is 20.1. The highest BCUT2D eigenvalue weighted by atomic mass is 32.1. The lowest BCUT2D eigenvalue weighted by Crippen LogP contribution is -1.87. The minimum atomic E-state index is 1.02. The Balaban J connectivity index is 1.60. The van der Waals surface area contributed by atoms with E-state index in [2.05, 4.69) is 87.3 Å². The third-order valence-electron chi connectivity index (χ3n) is 6.16. The highest BCUT2D eigenvalue weighted by Gasteiger charge is 2.18. The molecule has 0 fully saturated rings. The SMILES string of the molecule is Cc1cc(C)cc(-c2ncnc3cc(-c4c(C)cc5c(sc6ccccc65)c4C)sc23)c1. The van der Waals surface area contributed by atoms with Gasteiger partial charge in [-0.2, -0.15) is 0 Å². The Morgan fingerprint density at radius 1 is 0.719 bits per heavy atom. The molecular weight excluding hydrogens is 428 g/mol. The third kappa shape index (κ3) is 2.98. The van der Waals surface area contributed by atoms with E-state index in [1.165, 1.54) is 52.9 Å². The third-order valence-corrected chi connectivity index (χ3v) is 8.61. The Morgan fingerprint density at radius 3 is 2.31 bits per heavy atom. The summed E-state index contributed by atoms with van der Waals surface area (Å²) < 4.78 is 3.88. The number of benzene rings is 3. The maximum atomic E-state index is 4.69. The molecule has 2 nitrogen and oxygen atoms in total. The zero-order chi connectivity index (χ0) is 22.0. The predicted molar refractivity (Wildman–Crippen MR) is 140 cm³/mol. The van der Waals surface area contributed by atoms with Crippen LogP contribution in [0.15, 0.2) is 60.9 Å². The van der Waals surface area contributed by atoms with Gasteiger partial charge in [-0.1, -0.05) is 35.4 Å². The molecule has 0 saturated carbocycles. The fourth-order valence-electron chi connectivity index (χ4n) is 4.86. The summed E-state index contributed by atoms with van der Waals surface area (Å²) in [7, 11) is 0. The molecule has 156 valence electrons. The van der Waals surface area contributed by atoms with Crippen molar-refractivity contribution in [1.82, 2.24) is 9.97 Å². The van der Waals surface area contributed by atoms with E-state index < -0.39 is 0 Å². The van der Waals surface area contributed by atoms with Crippen LogP contribution in [0.3, 0.4) is 0 Å². The summed E-state index contributed by atoms with van der Waals surface area (Å²) in [5.41, 5.74) is 9.71. The molecule has 6 rings (SSSR count). The van der Waals surface area contributed by atoms with Crippen molar-refractivity contribution in [3.63, 3.8) is 0 Å². The van der Waals surface area contributed by atoms with Crippen molar-refractivity contribution in [3.8, 4) is 21.7 Å². The summed E-state index contributed by atoms with van der Waals surface area (Å²) in [6.07, 6.45) is 1.70. The quantitative estimate of drug-likeness (QED) is 0.264. The average Bonchev–Trinajstić information content (AvgIpc) is 3.34. The molecule has 3 heterocycles. The summed E-state index contributed by atoms with van der Waals surface area (Å²) in [5, 5.41) is 2.71. The molecule has 0 spiro atoms. The van der Waals surface area contributed by atoms with Gasteiger partial charge in [0.2, 0.25) is 0 Å². The van der Waals surface area contributed by atoms with Crippen LogP contribution in [-0.4, -0.2) is 9.97 Å². The van der Waals surface area contributed by atoms with Gasteiger partial charge in [-0.05, 0) is 74.7 Å². The molecule has 0 aliphatic rings. The minimum Gasteiger partial charge on any atom is -0.235 e. The Labute approximate surface area is 195 Å². The zero-order valence-electron chi connectivity index (χ0n) is 18.5. The first-order chi connectivity index (χ1) is 15.5. The van der Waals surface area contributed by atoms with E-state index in [0.29, 0.717) is 0 Å². The second-order valence-electron chi connectivity index (χ2n) is 8.59. The molecule has 0 atom stereocenters. The van der Waals surface area contributed by atoms with Gasteiger partial charge in [0.1, 0.15) is 6.33 Å². The van der Waals surface area contributed by atoms with Gasteiger partial charge in [0.25, 0.3) is 0 Å². The van der Waals surface area contributed by atoms with Crippen molar-refractivity contribution in [2.45, 2.75) is 27.7 Å². The Morgan fingerprint density at radius 2 is 1.50 bits per heavy atom. The Kier molecular flexibility index (Phi) is 4.42. The molecule has 0 aliphatic carbocycles. The van der Waals surface area contributed by atoms with Crippen LogP contribution in [0.4, 0.5) is 0 Å². The largest absolute Gasteiger partial charge is 0.235 e. The molecule has 3 aromatic heterocycles. The van der Waals surface area contributed by atoms with Crippen molar-refractivity contribution in [2.75, 3.05) is 0 Å². The first-order valence-corrected chi connectivity index (χ1v) is 12.4. The molecule has 32 heavy (non-hydrogen) atoms. The van der Waals surface area contributed by atoms with Crippen LogP contribution in [0.25, 0.3) is 52.1 Å². The standard InChI is InChI=1S/C28H22N2S2/c1-15-9-16(2)11-19(10-15)26-28-22(29-14-30-26)13-24(32-28)25-17(3)12-21-20-7-5-6-8-23(20)31-27(21)18(25)4/h5-14H,1-4H3. The van der Waals surface area contributed by atoms with Crippen LogP contribution in [0, 0.1) is 27.7 Å². The first-order valence-electron chi connectivity index (χ1n) is 10.7. The van der Waals surface area contributed by atoms with Crippen LogP contribution in [-0.2, 0) is 0 Å². The van der Waals surface area contributed by atoms with Crippen LogP contribution in [0.5, 0.6) is 0 Å². The second kappa shape index (κ2) is 7.22. The van der Waals surface area contributed by atoms with Crippen molar-refractivity contribution in [3.05, 3.63) is 83.2 Å². The van der Waals surface area contributed by atoms with Gasteiger partial charge in [-0.3, -0.25) is 0 Å². The molecular formula is C28H22N2S2. The number of hydrogen-bond donors (Lipinski definition) is 0. The van der Waals surface area contributed by atoms with Crippen molar-refractivity contribution in [2.24, 2.45) is 0 Å². The van der Waals surface area contributed by atoms with E-state index >= 15 is 0 Å². The normalized spacial score (nSPS) is 11.8. The summed E-state index contributed by atoms with van der Waals surface area (Å²) >= 11 is 3.70. The number of fused-ring (bicyclic) bond motifs is 4. The molecule has 6 aromatic rings. The first kappa shape index (κ1) is 19.6. The van der Waals surface area contributed by atoms with Crippen LogP contribution in [0.1, 0.15) is 22.3 Å². The van der Waals surface area contributed by atoms with Gasteiger partial charge in [0.05, 0.1) is 15.9 Å². The molecule has 0 amide bonds. The van der Waals surface area contributed by atoms with Crippen molar-refractivity contribution >= 4 is 53.1 Å². The molecule has 0 bridgehead atoms. The molecule has 0 radical (unpaired) electrons. The molecule has 0 unspecified atom stereocenters. The van der Waals surface area contributed by atoms with Gasteiger partial charge in [0.15, 0.2) is 0 Å². The number of aromatic nitrogens is 2. The van der Waals surface area contributed by atoms with Crippen molar-refractivity contribution in [1.29, 1.82) is 0 Å². The maximum absolute atomic E-state index is 4.69. The van der Waals surface area contributed by atoms with Crippen LogP contribution < -0.4 is 0 Å². The minimum absolute atomic E-state index is 1.02. The van der Waals surface area contributed by atoms with E-state index in [9.17, 15) is 0 Å². The van der Waals surface area contributed by atoms with E-state index in [4.69, 9.17) is 4.98 Å². The number of aryl methyl sites for hydroxylation is 4. The smallest absolute Gasteiger partial charge is 0.116 e. The van der Waals surface area contributed by atoms with Gasteiger partial charge >= 0.3 is 0 Å². The average molecular weight is 451 g/mol. The van der Waals surface area contributed by atoms with Gasteiger partial charge < -0.3 is 0 Å². The highest BCUT2D eigenvalue weighted by Crippen LogP contribution is 2.45. The second-order valence-corrected chi connectivity index (χ2v) is 10.7. The van der Waals surface area contributed by atoms with E-state index in [0.717, 1.165) is 21.5 Å². The topological polar surface area (TPSA) is 25.8 Å². The Bertz CT molecular complexity index is 1650. The molecule has 3 aromatic carbocycles. The number of rotatable bonds is 2. The summed E-state index contributed by atoms with van der Waals surface area (Å²) in [6.45, 7) is 8.78. The Hall–Kier alpha value is -3.08. The lowest BCUT2D eigenvalue weighted by molar-refractivity contribution is 1.23. The maximum Gasteiger partial charge on any atom is 0.116 e. The van der Waals surface area contributed by atoms with E-state index in [-0.39, 0.29) is 0 Å². The van der Waals surface area contributed by atoms with Gasteiger partial charge in [0, 0.05) is 30.6 Å².